The number of anilines is 1. The fraction of sp³-hybridized carbons (Fsp3) is 0.789. The van der Waals surface area contributed by atoms with Crippen LogP contribution in [-0.4, -0.2) is 65.6 Å². The highest BCUT2D eigenvalue weighted by molar-refractivity contribution is 5.46. The maximum Gasteiger partial charge on any atom is 0.132 e. The average Bonchev–Trinajstić information content (AvgIpc) is 2.82. The molecule has 0 amide bonds. The maximum absolute atomic E-state index is 4.57. The van der Waals surface area contributed by atoms with Gasteiger partial charge in [0.1, 0.15) is 12.1 Å². The largest absolute Gasteiger partial charge is 0.368 e. The van der Waals surface area contributed by atoms with Gasteiger partial charge in [0.2, 0.25) is 0 Å². The van der Waals surface area contributed by atoms with Gasteiger partial charge in [-0.15, -0.1) is 0 Å². The number of aryl methyl sites for hydroxylation is 1. The molecule has 1 fully saturated rings. The van der Waals surface area contributed by atoms with Crippen molar-refractivity contribution in [1.29, 1.82) is 0 Å². The number of piperazine rings is 1. The number of likely N-dealkylation sites (N-methyl/N-ethyl adjacent to an activating group) is 1. The van der Waals surface area contributed by atoms with Gasteiger partial charge < -0.3 is 10.2 Å². The Labute approximate surface area is 146 Å². The second-order valence-electron chi connectivity index (χ2n) is 7.74. The molecule has 24 heavy (non-hydrogen) atoms. The first-order valence-electron chi connectivity index (χ1n) is 9.64. The summed E-state index contributed by atoms with van der Waals surface area (Å²) in [5.74, 6) is 1.73. The van der Waals surface area contributed by atoms with Gasteiger partial charge >= 0.3 is 0 Å². The zero-order valence-corrected chi connectivity index (χ0v) is 15.6. The van der Waals surface area contributed by atoms with Crippen LogP contribution in [0.4, 0.5) is 5.82 Å². The maximum atomic E-state index is 4.57. The zero-order valence-electron chi connectivity index (χ0n) is 15.6. The van der Waals surface area contributed by atoms with Gasteiger partial charge in [0.05, 0.1) is 0 Å². The van der Waals surface area contributed by atoms with E-state index in [4.69, 9.17) is 0 Å². The summed E-state index contributed by atoms with van der Waals surface area (Å²) in [5, 5.41) is 3.68. The Bertz CT molecular complexity index is 522. The number of rotatable bonds is 5. The highest BCUT2D eigenvalue weighted by atomic mass is 15.3. The van der Waals surface area contributed by atoms with E-state index in [0.29, 0.717) is 12.0 Å². The minimum atomic E-state index is 0.565. The van der Waals surface area contributed by atoms with Gasteiger partial charge in [-0.05, 0) is 38.6 Å². The summed E-state index contributed by atoms with van der Waals surface area (Å²) in [7, 11) is 2.22. The van der Waals surface area contributed by atoms with Crippen molar-refractivity contribution in [3.8, 4) is 0 Å². The van der Waals surface area contributed by atoms with E-state index in [2.05, 4.69) is 46.0 Å². The van der Waals surface area contributed by atoms with Crippen LogP contribution in [0.25, 0.3) is 0 Å². The first-order chi connectivity index (χ1) is 11.6. The first-order valence-corrected chi connectivity index (χ1v) is 9.64. The summed E-state index contributed by atoms with van der Waals surface area (Å²) in [5.41, 5.74) is 2.64. The van der Waals surface area contributed by atoms with E-state index in [1.165, 1.54) is 56.7 Å². The molecule has 1 aromatic heterocycles. The Balaban J connectivity index is 1.67. The lowest BCUT2D eigenvalue weighted by molar-refractivity contribution is 0.0944. The summed E-state index contributed by atoms with van der Waals surface area (Å²) >= 11 is 0. The number of fused-ring (bicyclic) bond motifs is 1. The third kappa shape index (κ3) is 4.25. The Morgan fingerprint density at radius 1 is 1.04 bits per heavy atom. The second kappa shape index (κ2) is 8.26. The first kappa shape index (κ1) is 17.6. The van der Waals surface area contributed by atoms with Crippen LogP contribution in [0, 0.1) is 5.92 Å². The molecule has 134 valence electrons. The van der Waals surface area contributed by atoms with Crippen LogP contribution >= 0.6 is 0 Å². The summed E-state index contributed by atoms with van der Waals surface area (Å²) in [4.78, 5) is 14.2. The second-order valence-corrected chi connectivity index (χ2v) is 7.74. The lowest BCUT2D eigenvalue weighted by atomic mass is 10.0. The van der Waals surface area contributed by atoms with Gasteiger partial charge in [0, 0.05) is 50.0 Å². The zero-order chi connectivity index (χ0) is 16.9. The molecule has 0 saturated carbocycles. The summed E-state index contributed by atoms with van der Waals surface area (Å²) in [6.07, 6.45) is 7.82. The lowest BCUT2D eigenvalue weighted by Crippen LogP contribution is -2.52. The third-order valence-corrected chi connectivity index (χ3v) is 5.63. The fourth-order valence-electron chi connectivity index (χ4n) is 3.99. The van der Waals surface area contributed by atoms with Gasteiger partial charge in [0.25, 0.3) is 0 Å². The molecule has 0 radical (unpaired) electrons. The molecule has 0 unspecified atom stereocenters. The number of hydrogen-bond acceptors (Lipinski definition) is 5. The molecule has 0 spiro atoms. The van der Waals surface area contributed by atoms with Crippen molar-refractivity contribution in [3.05, 3.63) is 17.6 Å². The standard InChI is InChI=1S/C19H33N5/c1-15(2)18(24-11-9-23(3)10-12-24)13-20-19-16-7-5-4-6-8-17(16)21-14-22-19/h14-15,18H,4-13H2,1-3H3,(H,20,21,22)/t18-/m0/s1. The van der Waals surface area contributed by atoms with E-state index in [1.807, 2.05) is 0 Å². The van der Waals surface area contributed by atoms with Gasteiger partial charge in [-0.1, -0.05) is 20.3 Å². The number of aromatic nitrogens is 2. The number of nitrogens with zero attached hydrogens (tertiary/aromatic N) is 4. The summed E-state index contributed by atoms with van der Waals surface area (Å²) in [6, 6.07) is 0.565. The van der Waals surface area contributed by atoms with Crippen molar-refractivity contribution >= 4 is 5.82 Å². The van der Waals surface area contributed by atoms with Crippen LogP contribution in [-0.2, 0) is 12.8 Å². The predicted molar refractivity (Wildman–Crippen MR) is 99.5 cm³/mol. The van der Waals surface area contributed by atoms with Crippen LogP contribution in [0.3, 0.4) is 0 Å². The van der Waals surface area contributed by atoms with Crippen molar-refractivity contribution in [1.82, 2.24) is 19.8 Å². The lowest BCUT2D eigenvalue weighted by Gasteiger charge is -2.40. The topological polar surface area (TPSA) is 44.3 Å². The molecular formula is C19H33N5. The van der Waals surface area contributed by atoms with Crippen molar-refractivity contribution in [2.45, 2.75) is 52.0 Å². The molecule has 2 heterocycles. The highest BCUT2D eigenvalue weighted by Crippen LogP contribution is 2.24. The third-order valence-electron chi connectivity index (χ3n) is 5.63. The number of hydrogen-bond donors (Lipinski definition) is 1. The van der Waals surface area contributed by atoms with Crippen LogP contribution in [0.1, 0.15) is 44.4 Å². The van der Waals surface area contributed by atoms with Gasteiger partial charge in [-0.25, -0.2) is 9.97 Å². The molecular weight excluding hydrogens is 298 g/mol. The number of nitrogens with one attached hydrogen (secondary N) is 1. The molecule has 5 heteroatoms. The Kier molecular flexibility index (Phi) is 6.06. The van der Waals surface area contributed by atoms with Crippen molar-refractivity contribution in [3.63, 3.8) is 0 Å². The molecule has 1 aromatic rings. The van der Waals surface area contributed by atoms with Gasteiger partial charge in [-0.3, -0.25) is 4.90 Å². The van der Waals surface area contributed by atoms with E-state index >= 15 is 0 Å². The van der Waals surface area contributed by atoms with Crippen molar-refractivity contribution in [2.75, 3.05) is 45.1 Å². The van der Waals surface area contributed by atoms with E-state index in [1.54, 1.807) is 6.33 Å². The molecule has 5 nitrogen and oxygen atoms in total. The van der Waals surface area contributed by atoms with Crippen molar-refractivity contribution < 1.29 is 0 Å². The summed E-state index contributed by atoms with van der Waals surface area (Å²) in [6.45, 7) is 10.3. The van der Waals surface area contributed by atoms with Crippen LogP contribution in [0.15, 0.2) is 6.33 Å². The van der Waals surface area contributed by atoms with Gasteiger partial charge in [0.15, 0.2) is 0 Å². The quantitative estimate of drug-likeness (QED) is 0.840. The van der Waals surface area contributed by atoms with Crippen LogP contribution in [0.2, 0.25) is 0 Å². The van der Waals surface area contributed by atoms with E-state index in [9.17, 15) is 0 Å². The molecule has 0 bridgehead atoms. The molecule has 1 aliphatic heterocycles. The monoisotopic (exact) mass is 331 g/mol. The smallest absolute Gasteiger partial charge is 0.132 e. The molecule has 1 N–H and O–H groups in total. The van der Waals surface area contributed by atoms with Crippen molar-refractivity contribution in [2.24, 2.45) is 5.92 Å². The highest BCUT2D eigenvalue weighted by Gasteiger charge is 2.25. The Morgan fingerprint density at radius 2 is 1.79 bits per heavy atom. The normalized spacial score (nSPS) is 21.3. The average molecular weight is 332 g/mol. The predicted octanol–water partition coefficient (Wildman–Crippen LogP) is 2.43. The van der Waals surface area contributed by atoms with E-state index in [-0.39, 0.29) is 0 Å². The van der Waals surface area contributed by atoms with Crippen LogP contribution < -0.4 is 5.32 Å². The Hall–Kier alpha value is -1.20. The van der Waals surface area contributed by atoms with Gasteiger partial charge in [-0.2, -0.15) is 0 Å². The van der Waals surface area contributed by atoms with E-state index in [0.717, 1.165) is 25.2 Å². The molecule has 1 aliphatic carbocycles. The Morgan fingerprint density at radius 3 is 2.54 bits per heavy atom. The van der Waals surface area contributed by atoms with E-state index < -0.39 is 0 Å². The molecule has 0 aromatic carbocycles. The molecule has 1 atom stereocenters. The van der Waals surface area contributed by atoms with Crippen LogP contribution in [0.5, 0.6) is 0 Å². The summed E-state index contributed by atoms with van der Waals surface area (Å²) < 4.78 is 0. The minimum absolute atomic E-state index is 0.565. The fourth-order valence-corrected chi connectivity index (χ4v) is 3.99. The molecule has 1 saturated heterocycles. The molecule has 3 rings (SSSR count). The SMILES string of the molecule is CC(C)[C@H](CNc1ncnc2c1CCCCC2)N1CCN(C)CC1. The molecule has 2 aliphatic rings. The minimum Gasteiger partial charge on any atom is -0.368 e.